The van der Waals surface area contributed by atoms with Crippen molar-refractivity contribution in [3.05, 3.63) is 29.3 Å². The first-order valence-electron chi connectivity index (χ1n) is 8.34. The molecule has 1 aromatic carbocycles. The Morgan fingerprint density at radius 1 is 1.30 bits per heavy atom. The first-order valence-corrected chi connectivity index (χ1v) is 8.34. The van der Waals surface area contributed by atoms with Gasteiger partial charge in [0.1, 0.15) is 5.75 Å². The number of carbonyl (C=O) groups excluding carboxylic acids is 1. The monoisotopic (exact) mass is 320 g/mol. The Kier molecular flexibility index (Phi) is 6.86. The highest BCUT2D eigenvalue weighted by Crippen LogP contribution is 2.21. The maximum absolute atomic E-state index is 12.0. The summed E-state index contributed by atoms with van der Waals surface area (Å²) in [5, 5.41) is 3.01. The second-order valence-electron chi connectivity index (χ2n) is 6.22. The molecule has 0 aliphatic carbocycles. The number of amides is 1. The van der Waals surface area contributed by atoms with Crippen LogP contribution in [0.2, 0.25) is 0 Å². The second-order valence-corrected chi connectivity index (χ2v) is 6.22. The maximum atomic E-state index is 12.0. The quantitative estimate of drug-likeness (QED) is 0.834. The van der Waals surface area contributed by atoms with E-state index >= 15 is 0 Å². The molecule has 1 saturated heterocycles. The van der Waals surface area contributed by atoms with Gasteiger partial charge in [-0.3, -0.25) is 9.69 Å². The van der Waals surface area contributed by atoms with Crippen LogP contribution >= 0.6 is 0 Å². The molecule has 0 aromatic heterocycles. The van der Waals surface area contributed by atoms with E-state index in [4.69, 9.17) is 9.47 Å². The van der Waals surface area contributed by atoms with Crippen molar-refractivity contribution in [2.45, 2.75) is 33.2 Å². The van der Waals surface area contributed by atoms with Crippen LogP contribution in [0.3, 0.4) is 0 Å². The zero-order valence-corrected chi connectivity index (χ0v) is 14.4. The lowest BCUT2D eigenvalue weighted by atomic mass is 10.1. The van der Waals surface area contributed by atoms with Gasteiger partial charge >= 0.3 is 0 Å². The summed E-state index contributed by atoms with van der Waals surface area (Å²) in [6.45, 7) is 10.7. The van der Waals surface area contributed by atoms with Crippen molar-refractivity contribution in [2.24, 2.45) is 0 Å². The Labute approximate surface area is 139 Å². The molecule has 128 valence electrons. The summed E-state index contributed by atoms with van der Waals surface area (Å²) in [5.41, 5.74) is 2.11. The molecule has 23 heavy (non-hydrogen) atoms. The number of nitrogens with zero attached hydrogens (tertiary/aromatic N) is 1. The van der Waals surface area contributed by atoms with Crippen LogP contribution in [-0.2, 0) is 9.53 Å². The molecule has 1 atom stereocenters. The van der Waals surface area contributed by atoms with Gasteiger partial charge in [-0.05, 0) is 38.3 Å². The zero-order chi connectivity index (χ0) is 16.7. The highest BCUT2D eigenvalue weighted by atomic mass is 16.5. The summed E-state index contributed by atoms with van der Waals surface area (Å²) in [7, 11) is 0. The Balaban J connectivity index is 1.69. The van der Waals surface area contributed by atoms with Crippen LogP contribution in [-0.4, -0.2) is 56.3 Å². The van der Waals surface area contributed by atoms with Crippen molar-refractivity contribution in [1.29, 1.82) is 0 Å². The van der Waals surface area contributed by atoms with E-state index in [1.165, 1.54) is 0 Å². The lowest BCUT2D eigenvalue weighted by Crippen LogP contribution is -2.41. The standard InChI is InChI=1S/C18H28N2O3/c1-14-5-4-6-15(2)18(14)23-13-17(21)19-16(3)7-8-20-9-11-22-12-10-20/h4-6,16H,7-13H2,1-3H3,(H,19,21). The number of nitrogens with one attached hydrogen (secondary N) is 1. The van der Waals surface area contributed by atoms with Gasteiger partial charge < -0.3 is 14.8 Å². The van der Waals surface area contributed by atoms with Crippen molar-refractivity contribution in [1.82, 2.24) is 10.2 Å². The van der Waals surface area contributed by atoms with Crippen LogP contribution in [0.5, 0.6) is 5.75 Å². The van der Waals surface area contributed by atoms with E-state index in [1.54, 1.807) is 0 Å². The molecule has 0 bridgehead atoms. The predicted octanol–water partition coefficient (Wildman–Crippen LogP) is 1.91. The number of aryl methyl sites for hydroxylation is 2. The number of hydrogen-bond donors (Lipinski definition) is 1. The topological polar surface area (TPSA) is 50.8 Å². The molecule has 5 heteroatoms. The summed E-state index contributed by atoms with van der Waals surface area (Å²) in [4.78, 5) is 14.4. The lowest BCUT2D eigenvalue weighted by molar-refractivity contribution is -0.123. The number of benzene rings is 1. The SMILES string of the molecule is Cc1cccc(C)c1OCC(=O)NC(C)CCN1CCOCC1. The molecule has 1 heterocycles. The summed E-state index contributed by atoms with van der Waals surface area (Å²) >= 11 is 0. The fourth-order valence-electron chi connectivity index (χ4n) is 2.75. The number of para-hydroxylation sites is 1. The third-order valence-electron chi connectivity index (χ3n) is 4.15. The highest BCUT2D eigenvalue weighted by molar-refractivity contribution is 5.77. The van der Waals surface area contributed by atoms with E-state index in [2.05, 4.69) is 10.2 Å². The van der Waals surface area contributed by atoms with E-state index in [-0.39, 0.29) is 18.6 Å². The second kappa shape index (κ2) is 8.89. The Hall–Kier alpha value is -1.59. The van der Waals surface area contributed by atoms with E-state index in [0.29, 0.717) is 0 Å². The molecule has 1 aromatic rings. The molecule has 0 radical (unpaired) electrons. The molecule has 1 aliphatic rings. The van der Waals surface area contributed by atoms with Gasteiger partial charge in [-0.2, -0.15) is 0 Å². The van der Waals surface area contributed by atoms with Crippen molar-refractivity contribution < 1.29 is 14.3 Å². The van der Waals surface area contributed by atoms with Crippen LogP contribution in [0.25, 0.3) is 0 Å². The molecule has 1 amide bonds. The van der Waals surface area contributed by atoms with E-state index < -0.39 is 0 Å². The average Bonchev–Trinajstić information content (AvgIpc) is 2.53. The smallest absolute Gasteiger partial charge is 0.258 e. The predicted molar refractivity (Wildman–Crippen MR) is 90.9 cm³/mol. The molecule has 1 N–H and O–H groups in total. The van der Waals surface area contributed by atoms with Gasteiger partial charge in [0.05, 0.1) is 13.2 Å². The fourth-order valence-corrected chi connectivity index (χ4v) is 2.75. The average molecular weight is 320 g/mol. The van der Waals surface area contributed by atoms with Crippen molar-refractivity contribution in [3.63, 3.8) is 0 Å². The largest absolute Gasteiger partial charge is 0.483 e. The summed E-state index contributed by atoms with van der Waals surface area (Å²) < 4.78 is 11.0. The molecular weight excluding hydrogens is 292 g/mol. The summed E-state index contributed by atoms with van der Waals surface area (Å²) in [6, 6.07) is 6.12. The van der Waals surface area contributed by atoms with Crippen LogP contribution in [0, 0.1) is 13.8 Å². The molecule has 0 spiro atoms. The van der Waals surface area contributed by atoms with Gasteiger partial charge in [0.25, 0.3) is 5.91 Å². The van der Waals surface area contributed by atoms with Crippen molar-refractivity contribution in [3.8, 4) is 5.75 Å². The normalized spacial score (nSPS) is 16.8. The van der Waals surface area contributed by atoms with Crippen LogP contribution in [0.1, 0.15) is 24.5 Å². The van der Waals surface area contributed by atoms with Crippen molar-refractivity contribution >= 4 is 5.91 Å². The maximum Gasteiger partial charge on any atom is 0.258 e. The molecule has 1 fully saturated rings. The third kappa shape index (κ3) is 5.84. The number of rotatable bonds is 7. The summed E-state index contributed by atoms with van der Waals surface area (Å²) in [5.74, 6) is 0.741. The van der Waals surface area contributed by atoms with Crippen LogP contribution < -0.4 is 10.1 Å². The Bertz CT molecular complexity index is 493. The number of hydrogen-bond acceptors (Lipinski definition) is 4. The molecule has 0 saturated carbocycles. The van der Waals surface area contributed by atoms with E-state index in [9.17, 15) is 4.79 Å². The van der Waals surface area contributed by atoms with Gasteiger partial charge in [-0.25, -0.2) is 0 Å². The highest BCUT2D eigenvalue weighted by Gasteiger charge is 2.14. The van der Waals surface area contributed by atoms with Gasteiger partial charge in [-0.15, -0.1) is 0 Å². The molecular formula is C18H28N2O3. The number of carbonyl (C=O) groups is 1. The molecule has 5 nitrogen and oxygen atoms in total. The van der Waals surface area contributed by atoms with Crippen LogP contribution in [0.15, 0.2) is 18.2 Å². The van der Waals surface area contributed by atoms with Gasteiger partial charge in [-0.1, -0.05) is 18.2 Å². The minimum absolute atomic E-state index is 0.0631. The fraction of sp³-hybridized carbons (Fsp3) is 0.611. The number of ether oxygens (including phenoxy) is 2. The number of morpholine rings is 1. The van der Waals surface area contributed by atoms with Crippen molar-refractivity contribution in [2.75, 3.05) is 39.5 Å². The first-order chi connectivity index (χ1) is 11.1. The molecule has 1 unspecified atom stereocenters. The minimum Gasteiger partial charge on any atom is -0.483 e. The summed E-state index contributed by atoms with van der Waals surface area (Å²) in [6.07, 6.45) is 0.940. The van der Waals surface area contributed by atoms with Gasteiger partial charge in [0.2, 0.25) is 0 Å². The Morgan fingerprint density at radius 3 is 2.61 bits per heavy atom. The first kappa shape index (κ1) is 17.8. The van der Waals surface area contributed by atoms with Crippen LogP contribution in [0.4, 0.5) is 0 Å². The Morgan fingerprint density at radius 2 is 1.96 bits per heavy atom. The van der Waals surface area contributed by atoms with Gasteiger partial charge in [0.15, 0.2) is 6.61 Å². The molecule has 2 rings (SSSR count). The lowest BCUT2D eigenvalue weighted by Gasteiger charge is -2.27. The third-order valence-corrected chi connectivity index (χ3v) is 4.15. The zero-order valence-electron chi connectivity index (χ0n) is 14.4. The molecule has 1 aliphatic heterocycles. The van der Waals surface area contributed by atoms with E-state index in [1.807, 2.05) is 39.0 Å². The van der Waals surface area contributed by atoms with Gasteiger partial charge in [0, 0.05) is 25.7 Å². The van der Waals surface area contributed by atoms with E-state index in [0.717, 1.165) is 56.1 Å². The minimum atomic E-state index is -0.0675.